The van der Waals surface area contributed by atoms with E-state index in [0.29, 0.717) is 5.41 Å². The summed E-state index contributed by atoms with van der Waals surface area (Å²) in [7, 11) is 0. The second-order valence-electron chi connectivity index (χ2n) is 24.2. The van der Waals surface area contributed by atoms with Crippen molar-refractivity contribution in [1.29, 1.82) is 0 Å². The number of fused-ring (bicyclic) bond motifs is 10. The van der Waals surface area contributed by atoms with Crippen LogP contribution in [-0.2, 0) is 27.1 Å². The van der Waals surface area contributed by atoms with Crippen LogP contribution in [0.15, 0.2) is 127 Å². The van der Waals surface area contributed by atoms with Gasteiger partial charge in [0, 0.05) is 16.8 Å². The quantitative estimate of drug-likeness (QED) is 0.167. The molecule has 13 rings (SSSR count). The molecule has 0 aliphatic heterocycles. The third-order valence-corrected chi connectivity index (χ3v) is 19.4. The van der Waals surface area contributed by atoms with Crippen molar-refractivity contribution in [3.05, 3.63) is 161 Å². The Morgan fingerprint density at radius 3 is 1.46 bits per heavy atom. The van der Waals surface area contributed by atoms with Crippen LogP contribution >= 0.6 is 0 Å². The van der Waals surface area contributed by atoms with Gasteiger partial charge in [-0.1, -0.05) is 152 Å². The SMILES string of the molecule is CC1(C)CCC(C)(C)c2c(-c3ccc(N(c4ccc(-c5cccc6c5C(C)(C)CCC6(C)C)cc4)c4cccc5c4C4(c6ccccc6-5)C5CC6CC7CC4C75C6)cc3)cccc21. The Kier molecular flexibility index (Phi) is 7.63. The van der Waals surface area contributed by atoms with Gasteiger partial charge in [-0.05, 0) is 199 Å². The summed E-state index contributed by atoms with van der Waals surface area (Å²) >= 11 is 0. The van der Waals surface area contributed by atoms with E-state index in [4.69, 9.17) is 0 Å². The minimum absolute atomic E-state index is 0.0926. The maximum absolute atomic E-state index is 2.66. The summed E-state index contributed by atoms with van der Waals surface area (Å²) in [4.78, 5) is 2.66. The van der Waals surface area contributed by atoms with Gasteiger partial charge in [-0.2, -0.15) is 0 Å². The highest BCUT2D eigenvalue weighted by molar-refractivity contribution is 5.93. The average Bonchev–Trinajstić information content (AvgIpc) is 3.92. The van der Waals surface area contributed by atoms with Crippen molar-refractivity contribution in [2.45, 2.75) is 134 Å². The van der Waals surface area contributed by atoms with Gasteiger partial charge in [-0.3, -0.25) is 0 Å². The van der Waals surface area contributed by atoms with E-state index in [2.05, 4.69) is 188 Å². The highest BCUT2D eigenvalue weighted by Gasteiger charge is 2.85. The van der Waals surface area contributed by atoms with E-state index < -0.39 is 0 Å². The zero-order valence-corrected chi connectivity index (χ0v) is 39.0. The molecule has 0 heterocycles. The molecule has 0 N–H and O–H groups in total. The number of rotatable bonds is 5. The highest BCUT2D eigenvalue weighted by atomic mass is 15.1. The molecule has 7 aliphatic carbocycles. The third kappa shape index (κ3) is 4.85. The fourth-order valence-corrected chi connectivity index (χ4v) is 16.5. The summed E-state index contributed by atoms with van der Waals surface area (Å²) in [6.07, 6.45) is 10.6. The first-order chi connectivity index (χ1) is 30.2. The minimum Gasteiger partial charge on any atom is -0.310 e. The van der Waals surface area contributed by atoms with Gasteiger partial charge in [0.2, 0.25) is 0 Å². The molecule has 6 aromatic rings. The van der Waals surface area contributed by atoms with Gasteiger partial charge < -0.3 is 4.90 Å². The molecule has 0 amide bonds. The zero-order valence-electron chi connectivity index (χ0n) is 39.0. The largest absolute Gasteiger partial charge is 0.310 e. The summed E-state index contributed by atoms with van der Waals surface area (Å²) in [5.41, 5.74) is 22.9. The number of anilines is 3. The van der Waals surface area contributed by atoms with Gasteiger partial charge in [0.25, 0.3) is 0 Å². The molecule has 318 valence electrons. The molecule has 6 aromatic carbocycles. The van der Waals surface area contributed by atoms with Crippen molar-refractivity contribution in [2.75, 3.05) is 4.90 Å². The van der Waals surface area contributed by atoms with Gasteiger partial charge in [0.1, 0.15) is 0 Å². The van der Waals surface area contributed by atoms with Crippen molar-refractivity contribution in [3.8, 4) is 33.4 Å². The van der Waals surface area contributed by atoms with Crippen LogP contribution in [0.5, 0.6) is 0 Å². The Bertz CT molecular complexity index is 2760. The maximum atomic E-state index is 2.66. The number of hydrogen-bond donors (Lipinski definition) is 0. The number of benzene rings is 6. The Labute approximate surface area is 377 Å². The lowest BCUT2D eigenvalue weighted by Crippen LogP contribution is -2.73. The monoisotopic (exact) mass is 824 g/mol. The van der Waals surface area contributed by atoms with E-state index in [1.165, 1.54) is 113 Å². The van der Waals surface area contributed by atoms with Gasteiger partial charge in [0.05, 0.1) is 5.69 Å². The molecule has 6 atom stereocenters. The molecule has 63 heavy (non-hydrogen) atoms. The van der Waals surface area contributed by atoms with Crippen LogP contribution in [0.3, 0.4) is 0 Å². The second kappa shape index (κ2) is 12.5. The fourth-order valence-electron chi connectivity index (χ4n) is 16.5. The topological polar surface area (TPSA) is 3.24 Å². The van der Waals surface area contributed by atoms with E-state index in [1.807, 2.05) is 0 Å². The van der Waals surface area contributed by atoms with Crippen LogP contribution in [0.2, 0.25) is 0 Å². The molecule has 6 unspecified atom stereocenters. The van der Waals surface area contributed by atoms with E-state index in [0.717, 1.165) is 23.7 Å². The average molecular weight is 824 g/mol. The van der Waals surface area contributed by atoms with E-state index >= 15 is 0 Å². The van der Waals surface area contributed by atoms with Crippen LogP contribution < -0.4 is 4.90 Å². The van der Waals surface area contributed by atoms with Crippen LogP contribution in [0.25, 0.3) is 33.4 Å². The Morgan fingerprint density at radius 2 is 0.889 bits per heavy atom. The maximum Gasteiger partial charge on any atom is 0.0509 e. The summed E-state index contributed by atoms with van der Waals surface area (Å²) in [5, 5.41) is 0. The van der Waals surface area contributed by atoms with Gasteiger partial charge in [0.15, 0.2) is 0 Å². The lowest BCUT2D eigenvalue weighted by atomic mass is 9.26. The predicted molar refractivity (Wildman–Crippen MR) is 264 cm³/mol. The summed E-state index contributed by atoms with van der Waals surface area (Å²) in [6, 6.07) is 50.6. The molecule has 1 heteroatoms. The van der Waals surface area contributed by atoms with Gasteiger partial charge in [-0.15, -0.1) is 0 Å². The van der Waals surface area contributed by atoms with Crippen LogP contribution in [0.1, 0.15) is 140 Å². The molecule has 7 aliphatic rings. The Balaban J connectivity index is 0.990. The molecule has 2 bridgehead atoms. The summed E-state index contributed by atoms with van der Waals surface area (Å²) < 4.78 is 0. The molecule has 1 nitrogen and oxygen atoms in total. The van der Waals surface area contributed by atoms with Crippen LogP contribution in [-0.4, -0.2) is 0 Å². The van der Waals surface area contributed by atoms with Crippen molar-refractivity contribution in [1.82, 2.24) is 0 Å². The zero-order chi connectivity index (χ0) is 43.1. The Morgan fingerprint density at radius 1 is 0.413 bits per heavy atom. The van der Waals surface area contributed by atoms with Crippen molar-refractivity contribution in [3.63, 3.8) is 0 Å². The van der Waals surface area contributed by atoms with E-state index in [1.54, 1.807) is 22.3 Å². The molecule has 4 fully saturated rings. The summed E-state index contributed by atoms with van der Waals surface area (Å²) in [5.74, 6) is 3.37. The minimum atomic E-state index is 0.0926. The first kappa shape index (κ1) is 38.6. The number of hydrogen-bond acceptors (Lipinski definition) is 1. The van der Waals surface area contributed by atoms with Crippen molar-refractivity contribution < 1.29 is 0 Å². The normalized spacial score (nSPS) is 29.7. The first-order valence-corrected chi connectivity index (χ1v) is 24.7. The molecule has 2 spiro atoms. The van der Waals surface area contributed by atoms with Crippen LogP contribution in [0.4, 0.5) is 17.1 Å². The molecule has 0 saturated heterocycles. The van der Waals surface area contributed by atoms with Crippen molar-refractivity contribution in [2.24, 2.45) is 29.1 Å². The lowest BCUT2D eigenvalue weighted by molar-refractivity contribution is -0.231. The van der Waals surface area contributed by atoms with Gasteiger partial charge in [-0.25, -0.2) is 0 Å². The molecular formula is C62H65N. The molecule has 0 aromatic heterocycles. The summed E-state index contributed by atoms with van der Waals surface area (Å²) in [6.45, 7) is 19.6. The van der Waals surface area contributed by atoms with E-state index in [-0.39, 0.29) is 27.1 Å². The standard InChI is InChI=1S/C62H65N/c1-57(2)30-32-59(5,6)54-44(15-11-19-49(54)57)39-22-26-42(27-23-39)63(43-28-24-40(25-29-43)45-16-12-20-50-55(45)60(7,8)33-31-58(50,3)4)51-21-13-17-47-46-14-9-10-18-48(46)62(56(47)51)52-35-38-34-41-36-53(62)61(41,52)37-38/h9-29,38,41,52-53H,30-37H2,1-8H3. The smallest absolute Gasteiger partial charge is 0.0509 e. The molecule has 4 saturated carbocycles. The third-order valence-electron chi connectivity index (χ3n) is 19.4. The Hall–Kier alpha value is -4.88. The van der Waals surface area contributed by atoms with E-state index in [9.17, 15) is 0 Å². The molecule has 0 radical (unpaired) electrons. The molecular weight excluding hydrogens is 759 g/mol. The first-order valence-electron chi connectivity index (χ1n) is 24.7. The highest BCUT2D eigenvalue weighted by Crippen LogP contribution is 2.90. The number of nitrogens with zero attached hydrogens (tertiary/aromatic N) is 1. The van der Waals surface area contributed by atoms with Crippen LogP contribution in [0, 0.1) is 29.1 Å². The fraction of sp³-hybridized carbons (Fsp3) is 0.419. The predicted octanol–water partition coefficient (Wildman–Crippen LogP) is 16.5. The van der Waals surface area contributed by atoms with Gasteiger partial charge >= 0.3 is 0 Å². The lowest BCUT2D eigenvalue weighted by Gasteiger charge is -2.76. The second-order valence-corrected chi connectivity index (χ2v) is 24.2. The van der Waals surface area contributed by atoms with Crippen molar-refractivity contribution >= 4 is 17.1 Å².